The van der Waals surface area contributed by atoms with Crippen molar-refractivity contribution >= 4 is 16.3 Å². The van der Waals surface area contributed by atoms with Crippen molar-refractivity contribution in [3.63, 3.8) is 0 Å². The number of rotatable bonds is 5. The molecular formula is C23H28N2O. The van der Waals surface area contributed by atoms with E-state index >= 15 is 0 Å². The van der Waals surface area contributed by atoms with E-state index in [0.29, 0.717) is 0 Å². The Bertz CT molecular complexity index is 837. The predicted octanol–water partition coefficient (Wildman–Crippen LogP) is 4.29. The van der Waals surface area contributed by atoms with Crippen LogP contribution < -0.4 is 0 Å². The summed E-state index contributed by atoms with van der Waals surface area (Å²) in [6.45, 7) is 3.21. The molecule has 5 rings (SSSR count). The maximum Gasteiger partial charge on any atom is 0.109 e. The molecule has 2 aromatic rings. The Balaban J connectivity index is 1.52. The topological polar surface area (TPSA) is 26.7 Å². The third kappa shape index (κ3) is 2.79. The highest BCUT2D eigenvalue weighted by molar-refractivity contribution is 5.87. The van der Waals surface area contributed by atoms with Crippen molar-refractivity contribution in [2.45, 2.75) is 32.1 Å². The summed E-state index contributed by atoms with van der Waals surface area (Å²) in [6, 6.07) is 15.6. The number of allylic oxidation sites excluding steroid dienone is 1. The van der Waals surface area contributed by atoms with Crippen molar-refractivity contribution < 1.29 is 5.11 Å². The number of hydrazine groups is 1. The summed E-state index contributed by atoms with van der Waals surface area (Å²) in [5.74, 6) is 1.44. The Morgan fingerprint density at radius 1 is 0.962 bits per heavy atom. The van der Waals surface area contributed by atoms with E-state index in [-0.39, 0.29) is 6.73 Å². The summed E-state index contributed by atoms with van der Waals surface area (Å²) in [4.78, 5) is 0. The van der Waals surface area contributed by atoms with Gasteiger partial charge in [-0.2, -0.15) is 0 Å². The fourth-order valence-electron chi connectivity index (χ4n) is 5.45. The minimum Gasteiger partial charge on any atom is -0.380 e. The van der Waals surface area contributed by atoms with Gasteiger partial charge in [-0.15, -0.1) is 0 Å². The second-order valence-corrected chi connectivity index (χ2v) is 8.17. The van der Waals surface area contributed by atoms with Gasteiger partial charge in [0.05, 0.1) is 0 Å². The lowest BCUT2D eigenvalue weighted by Gasteiger charge is -2.32. The van der Waals surface area contributed by atoms with Crippen molar-refractivity contribution in [2.75, 3.05) is 26.4 Å². The summed E-state index contributed by atoms with van der Waals surface area (Å²) in [5.41, 5.74) is 4.59. The van der Waals surface area contributed by atoms with Crippen LogP contribution in [0.1, 0.15) is 37.7 Å². The second kappa shape index (κ2) is 6.80. The average molecular weight is 348 g/mol. The van der Waals surface area contributed by atoms with Crippen LogP contribution in [0.4, 0.5) is 0 Å². The Morgan fingerprint density at radius 3 is 2.54 bits per heavy atom. The number of fused-ring (bicyclic) bond motifs is 3. The molecule has 0 amide bonds. The minimum atomic E-state index is 0.131. The first-order chi connectivity index (χ1) is 12.8. The van der Waals surface area contributed by atoms with E-state index in [1.54, 1.807) is 11.1 Å². The molecule has 2 fully saturated rings. The fraction of sp³-hybridized carbons (Fsp3) is 0.478. The Labute approximate surface area is 155 Å². The molecule has 3 nitrogen and oxygen atoms in total. The van der Waals surface area contributed by atoms with Crippen molar-refractivity contribution in [2.24, 2.45) is 11.8 Å². The molecule has 2 atom stereocenters. The molecule has 2 aliphatic carbocycles. The number of aliphatic hydroxyl groups excluding tert-OH is 1. The van der Waals surface area contributed by atoms with E-state index in [1.165, 1.54) is 48.4 Å². The normalized spacial score (nSPS) is 25.9. The molecule has 2 bridgehead atoms. The maximum atomic E-state index is 9.98. The van der Waals surface area contributed by atoms with E-state index in [9.17, 15) is 5.11 Å². The molecule has 1 saturated heterocycles. The first-order valence-electron chi connectivity index (χ1n) is 10.2. The zero-order chi connectivity index (χ0) is 17.5. The average Bonchev–Trinajstić information content (AvgIpc) is 3.43. The van der Waals surface area contributed by atoms with Gasteiger partial charge < -0.3 is 5.11 Å². The molecule has 1 heterocycles. The molecule has 3 aliphatic rings. The van der Waals surface area contributed by atoms with E-state index in [2.05, 4.69) is 52.5 Å². The molecule has 2 unspecified atom stereocenters. The van der Waals surface area contributed by atoms with Crippen LogP contribution in [0.15, 0.2) is 48.0 Å². The lowest BCUT2D eigenvalue weighted by Crippen LogP contribution is -2.43. The monoisotopic (exact) mass is 348 g/mol. The number of hydrogen-bond donors (Lipinski definition) is 1. The smallest absolute Gasteiger partial charge is 0.109 e. The van der Waals surface area contributed by atoms with Gasteiger partial charge in [0.15, 0.2) is 0 Å². The summed E-state index contributed by atoms with van der Waals surface area (Å²) >= 11 is 0. The highest BCUT2D eigenvalue weighted by atomic mass is 16.3. The quantitative estimate of drug-likeness (QED) is 0.817. The van der Waals surface area contributed by atoms with Crippen molar-refractivity contribution in [1.82, 2.24) is 10.0 Å². The lowest BCUT2D eigenvalue weighted by atomic mass is 9.86. The van der Waals surface area contributed by atoms with Gasteiger partial charge in [0.1, 0.15) is 6.73 Å². The van der Waals surface area contributed by atoms with E-state index in [4.69, 9.17) is 0 Å². The zero-order valence-corrected chi connectivity index (χ0v) is 15.4. The van der Waals surface area contributed by atoms with Gasteiger partial charge in [-0.1, -0.05) is 36.4 Å². The first-order valence-corrected chi connectivity index (χ1v) is 10.2. The largest absolute Gasteiger partial charge is 0.380 e. The Hall–Kier alpha value is -1.68. The maximum absolute atomic E-state index is 9.98. The van der Waals surface area contributed by atoms with Crippen LogP contribution in [-0.4, -0.2) is 41.5 Å². The molecule has 1 aliphatic heterocycles. The molecule has 0 aromatic heterocycles. The van der Waals surface area contributed by atoms with Crippen LogP contribution >= 0.6 is 0 Å². The van der Waals surface area contributed by atoms with Gasteiger partial charge in [0, 0.05) is 19.6 Å². The van der Waals surface area contributed by atoms with Crippen molar-refractivity contribution in [3.8, 4) is 0 Å². The van der Waals surface area contributed by atoms with Crippen LogP contribution in [-0.2, 0) is 0 Å². The zero-order valence-electron chi connectivity index (χ0n) is 15.4. The summed E-state index contributed by atoms with van der Waals surface area (Å²) in [7, 11) is 0. The third-order valence-corrected chi connectivity index (χ3v) is 6.74. The van der Waals surface area contributed by atoms with Crippen molar-refractivity contribution in [3.05, 3.63) is 53.6 Å². The summed E-state index contributed by atoms with van der Waals surface area (Å²) < 4.78 is 0. The van der Waals surface area contributed by atoms with Crippen molar-refractivity contribution in [1.29, 1.82) is 0 Å². The van der Waals surface area contributed by atoms with Gasteiger partial charge in [0.25, 0.3) is 0 Å². The van der Waals surface area contributed by atoms with Gasteiger partial charge >= 0.3 is 0 Å². The number of aliphatic hydroxyl groups is 1. The van der Waals surface area contributed by atoms with Crippen LogP contribution in [0, 0.1) is 11.8 Å². The molecule has 136 valence electrons. The van der Waals surface area contributed by atoms with Crippen LogP contribution in [0.3, 0.4) is 0 Å². The molecular weight excluding hydrogens is 320 g/mol. The van der Waals surface area contributed by atoms with Crippen LogP contribution in [0.2, 0.25) is 0 Å². The van der Waals surface area contributed by atoms with Gasteiger partial charge in [-0.3, -0.25) is 0 Å². The molecule has 26 heavy (non-hydrogen) atoms. The summed E-state index contributed by atoms with van der Waals surface area (Å²) in [5, 5.41) is 17.2. The Kier molecular flexibility index (Phi) is 4.32. The Morgan fingerprint density at radius 2 is 1.73 bits per heavy atom. The molecule has 3 heteroatoms. The molecule has 0 radical (unpaired) electrons. The highest BCUT2D eigenvalue weighted by Crippen LogP contribution is 2.52. The van der Waals surface area contributed by atoms with Crippen LogP contribution in [0.25, 0.3) is 16.3 Å². The standard InChI is InChI=1S/C23H28N2O/c26-16-25(24-11-3-4-12-24)15-22-19-8-10-21(14-19)23(22)20-9-7-17-5-1-2-6-18(17)13-20/h1-2,5-7,9,13,19,21,26H,3-4,8,10-12,14-16H2. The first kappa shape index (κ1) is 16.5. The van der Waals surface area contributed by atoms with Gasteiger partial charge in [-0.05, 0) is 77.5 Å². The van der Waals surface area contributed by atoms with E-state index < -0.39 is 0 Å². The van der Waals surface area contributed by atoms with Gasteiger partial charge in [-0.25, -0.2) is 10.0 Å². The SMILES string of the molecule is OCN(CC1=C(c2ccc3ccccc3c2)C2CCC1C2)N1CCCC1. The minimum absolute atomic E-state index is 0.131. The summed E-state index contributed by atoms with van der Waals surface area (Å²) in [6.07, 6.45) is 6.48. The third-order valence-electron chi connectivity index (χ3n) is 6.74. The van der Waals surface area contributed by atoms with Crippen LogP contribution in [0.5, 0.6) is 0 Å². The highest BCUT2D eigenvalue weighted by Gasteiger charge is 2.40. The van der Waals surface area contributed by atoms with E-state index in [1.807, 2.05) is 0 Å². The second-order valence-electron chi connectivity index (χ2n) is 8.17. The van der Waals surface area contributed by atoms with Gasteiger partial charge in [0.2, 0.25) is 0 Å². The molecule has 1 N–H and O–H groups in total. The molecule has 2 aromatic carbocycles. The number of nitrogens with zero attached hydrogens (tertiary/aromatic N) is 2. The number of hydrogen-bond acceptors (Lipinski definition) is 3. The molecule has 1 saturated carbocycles. The predicted molar refractivity (Wildman–Crippen MR) is 106 cm³/mol. The fourth-order valence-corrected chi connectivity index (χ4v) is 5.45. The lowest BCUT2D eigenvalue weighted by molar-refractivity contribution is -0.0601. The number of benzene rings is 2. The molecule has 0 spiro atoms. The van der Waals surface area contributed by atoms with E-state index in [0.717, 1.165) is 31.5 Å².